The predicted molar refractivity (Wildman–Crippen MR) is 518 cm³/mol. The van der Waals surface area contributed by atoms with Crippen LogP contribution in [0, 0.1) is 11.8 Å². The minimum absolute atomic E-state index is 0.00647. The van der Waals surface area contributed by atoms with E-state index in [1.54, 1.807) is 195 Å². The van der Waals surface area contributed by atoms with Gasteiger partial charge in [-0.3, -0.25) is 9.59 Å². The van der Waals surface area contributed by atoms with Crippen LogP contribution in [0.25, 0.3) is 34.4 Å². The zero-order chi connectivity index (χ0) is 110. The summed E-state index contributed by atoms with van der Waals surface area (Å²) in [6, 6.07) is 23.7. The number of aliphatic hydroxyl groups is 2. The molecule has 0 unspecified atom stereocenters. The number of benzene rings is 4. The number of alkyl halides is 16. The van der Waals surface area contributed by atoms with Gasteiger partial charge in [-0.05, 0) is 197 Å². The van der Waals surface area contributed by atoms with Crippen LogP contribution in [0.3, 0.4) is 0 Å². The minimum Gasteiger partial charge on any atom is -0.478 e. The number of carboxylic acids is 1. The number of carbonyl (C=O) groups is 7. The average Bonchev–Trinajstić information content (AvgIpc) is 0.850. The second-order valence-corrected chi connectivity index (χ2v) is 40.7. The van der Waals surface area contributed by atoms with Crippen molar-refractivity contribution in [3.8, 4) is 22.3 Å². The third-order valence-electron chi connectivity index (χ3n) is 17.8. The zero-order valence-corrected chi connectivity index (χ0v) is 86.8. The van der Waals surface area contributed by atoms with Crippen molar-refractivity contribution in [3.05, 3.63) is 107 Å². The van der Waals surface area contributed by atoms with E-state index in [4.69, 9.17) is 35.5 Å². The number of ether oxygens (including phenoxy) is 6. The summed E-state index contributed by atoms with van der Waals surface area (Å²) in [4.78, 5) is 90.2. The number of alkyl carbamates (subject to hydrolysis) is 1. The van der Waals surface area contributed by atoms with Crippen LogP contribution in [0.4, 0.5) is 96.4 Å². The number of nitrogens with two attached hydrogens (primary N) is 3. The number of sulfonamides is 2. The Morgan fingerprint density at radius 3 is 1.17 bits per heavy atom. The topological polar surface area (TPSA) is 444 Å². The Bertz CT molecular complexity index is 4940. The molecule has 2 fully saturated rings. The summed E-state index contributed by atoms with van der Waals surface area (Å²) in [6.45, 7) is 32.0. The third kappa shape index (κ3) is 58.9. The van der Waals surface area contributed by atoms with Crippen molar-refractivity contribution in [1.82, 2.24) is 29.0 Å². The Kier molecular flexibility index (Phi) is 57.4. The summed E-state index contributed by atoms with van der Waals surface area (Å²) in [5.41, 5.74) is 19.2. The molecule has 11 N–H and O–H groups in total. The molecule has 4 aliphatic heterocycles. The van der Waals surface area contributed by atoms with E-state index < -0.39 is 155 Å². The maximum atomic E-state index is 13.2. The fraction of sp³-hybridized carbons (Fsp3) is 0.602. The Morgan fingerprint density at radius 2 is 0.845 bits per heavy atom. The summed E-state index contributed by atoms with van der Waals surface area (Å²) in [5, 5.41) is 32.3. The first kappa shape index (κ1) is 132. The van der Waals surface area contributed by atoms with Crippen molar-refractivity contribution in [2.45, 2.75) is 258 Å². The highest BCUT2D eigenvalue weighted by Gasteiger charge is 2.40. The van der Waals surface area contributed by atoms with Crippen LogP contribution in [-0.2, 0) is 62.9 Å². The van der Waals surface area contributed by atoms with Crippen LogP contribution in [0.5, 0.6) is 0 Å². The van der Waals surface area contributed by atoms with Crippen molar-refractivity contribution in [2.24, 2.45) is 39.0 Å². The van der Waals surface area contributed by atoms with Gasteiger partial charge in [0.05, 0.1) is 59.9 Å². The van der Waals surface area contributed by atoms with Crippen molar-refractivity contribution in [3.63, 3.8) is 0 Å². The van der Waals surface area contributed by atoms with Crippen molar-refractivity contribution < 1.29 is 160 Å². The molecule has 4 aliphatic rings. The van der Waals surface area contributed by atoms with Gasteiger partial charge in [-0.15, -0.1) is 0 Å². The highest BCUT2D eigenvalue weighted by molar-refractivity contribution is 14.1. The van der Waals surface area contributed by atoms with E-state index in [9.17, 15) is 126 Å². The first-order valence-electron chi connectivity index (χ1n) is 45.0. The van der Waals surface area contributed by atoms with Crippen molar-refractivity contribution in [1.29, 1.82) is 0 Å². The molecule has 0 aliphatic carbocycles. The molecule has 49 heteroatoms. The van der Waals surface area contributed by atoms with E-state index in [0.717, 1.165) is 16.9 Å². The van der Waals surface area contributed by atoms with E-state index in [1.807, 2.05) is 12.2 Å². The number of carboxylic acid groups (broad SMARTS) is 1. The summed E-state index contributed by atoms with van der Waals surface area (Å²) < 4.78 is 260. The number of nitrogens with zero attached hydrogens (tertiary/aromatic N) is 6. The Labute approximate surface area is 834 Å². The molecule has 2 saturated heterocycles. The first-order valence-corrected chi connectivity index (χ1v) is 49.4. The maximum Gasteiger partial charge on any atom is 0.519 e. The summed E-state index contributed by atoms with van der Waals surface area (Å²) >= 11 is 2.35. The standard InChI is InChI=1S/C27H31F3N4O4S.C21H21N3O5S.C11H20F3NO2.C10H18O5.C8H14F3NO2.C6H12F3N.C4H8O2.C3H6F3N.C3H7I/c1-2-9-33(10-8-27(28,29)30)26(36)22-11-21-7-6-20(13-24(21)32-25(31)14-22)19-4-3-5-23(12-19)39(37,38)34-15-18(16-34)17-35;22-20-9-17(21(26)27)6-16-5-4-15(8-19(16)23-20)14-2-1-3-18(7-14)30(28,29)24-10-13(11-24)12-25;1-5-7-15(8-6-11(12,13)14)9(16)17-10(2,3)4;1-9(2,3)14-7(11)13-8(12)15-10(4,5)6;1-7(2,3)14-6(13)12-5-4-8(9,10)11;1-2-4-10-5-3-6(7,8)9;1-3-6-4(2)5;4-3(5,6)1-2-7;1-2-3-4/h3-7,11-13,18,35H,2,8-10,14-17H2,1H3,(H2,31,32);1-8,13,25H,9-12H2,(H2,22,23)(H,26,27);5-8H2,1-4H3;1-6H3;4-5H2,1-3H3,(H,12,13);10H,2-5H2,1H3;3H2,1-2H3;1-2,7H2;2-3H2,1H3. The number of fused-ring (bicyclic) bond motifs is 2. The number of nitrogens with one attached hydrogen (secondary N) is 2. The van der Waals surface area contributed by atoms with Crippen molar-refractivity contribution >= 4 is 120 Å². The van der Waals surface area contributed by atoms with Crippen LogP contribution in [-0.4, -0.2) is 261 Å². The molecule has 0 spiro atoms. The highest BCUT2D eigenvalue weighted by atomic mass is 127. The normalized spacial score (nSPS) is 14.1. The molecule has 808 valence electrons. The van der Waals surface area contributed by atoms with E-state index in [0.29, 0.717) is 78.3 Å². The van der Waals surface area contributed by atoms with Gasteiger partial charge in [-0.2, -0.15) is 74.5 Å². The third-order valence-corrected chi connectivity index (χ3v) is 22.5. The van der Waals surface area contributed by atoms with E-state index >= 15 is 0 Å². The quantitative estimate of drug-likeness (QED) is 0.00523. The maximum absolute atomic E-state index is 13.2. The second kappa shape index (κ2) is 61.6. The van der Waals surface area contributed by atoms with Crippen LogP contribution < -0.4 is 27.8 Å². The van der Waals surface area contributed by atoms with Gasteiger partial charge in [0.15, 0.2) is 0 Å². The summed E-state index contributed by atoms with van der Waals surface area (Å²) in [5.74, 6) is -1.49. The fourth-order valence-corrected chi connectivity index (χ4v) is 14.7. The van der Waals surface area contributed by atoms with Gasteiger partial charge in [0, 0.05) is 139 Å². The fourth-order valence-electron chi connectivity index (χ4n) is 11.4. The van der Waals surface area contributed by atoms with Gasteiger partial charge in [-0.25, -0.2) is 50.8 Å². The van der Waals surface area contributed by atoms with Crippen LogP contribution in [0.2, 0.25) is 0 Å². The number of aliphatic imine (C=N–C) groups is 2. The van der Waals surface area contributed by atoms with Crippen LogP contribution in [0.1, 0.15) is 206 Å². The Morgan fingerprint density at radius 1 is 0.479 bits per heavy atom. The number of halogens is 16. The van der Waals surface area contributed by atoms with E-state index in [2.05, 4.69) is 60.0 Å². The predicted octanol–water partition coefficient (Wildman–Crippen LogP) is 19.9. The molecule has 0 aromatic heterocycles. The SMILES string of the molecule is CC(C)(C)OC(=O)NCCC(F)(F)F.CC(C)(C)OC(=O)OC(=O)OC(C)(C)C.CCCI.CCCN(CCC(F)(F)F)C(=O)C1=Cc2ccc(-c3cccc(S(=O)(=O)N4CC(CO)C4)c3)cc2N=C(N)C1.CCCN(CCC(F)(F)F)C(=O)OC(C)(C)C.CCCNCCC(F)(F)F.CCOC(C)=O.NC1=Nc2cc(-c3cccc(S(=O)(=O)N4CC(CO)C4)c3)ccc2C=C(C(=O)O)C1.NCCC(F)(F)F. The van der Waals surface area contributed by atoms with Gasteiger partial charge < -0.3 is 81.4 Å². The molecule has 0 saturated carbocycles. The lowest BCUT2D eigenvalue weighted by atomic mass is 10.0. The number of carbonyl (C=O) groups excluding carboxylic acids is 6. The van der Waals surface area contributed by atoms with Gasteiger partial charge in [-0.1, -0.05) is 98.8 Å². The average molecular weight is 2210 g/mol. The number of hydrogen-bond acceptors (Lipinski definition) is 25. The van der Waals surface area contributed by atoms with E-state index in [-0.39, 0.29) is 122 Å². The van der Waals surface area contributed by atoms with E-state index in [1.165, 1.54) is 37.3 Å². The molecule has 4 aromatic rings. The van der Waals surface area contributed by atoms with Crippen LogP contribution >= 0.6 is 22.6 Å². The highest BCUT2D eigenvalue weighted by Crippen LogP contribution is 2.38. The molecule has 8 rings (SSSR count). The summed E-state index contributed by atoms with van der Waals surface area (Å²) in [6.07, 6.45) is -22.9. The zero-order valence-electron chi connectivity index (χ0n) is 83.0. The lowest BCUT2D eigenvalue weighted by molar-refractivity contribution is -0.144. The number of amidine groups is 2. The smallest absolute Gasteiger partial charge is 0.478 e. The van der Waals surface area contributed by atoms with Gasteiger partial charge >= 0.3 is 67.3 Å². The molecular weight excluding hydrogens is 2070 g/mol. The number of hydrogen-bond donors (Lipinski definition) is 8. The monoisotopic (exact) mass is 2200 g/mol. The van der Waals surface area contributed by atoms with Gasteiger partial charge in [0.25, 0.3) is 0 Å². The number of amides is 3. The molecule has 0 radical (unpaired) electrons. The molecule has 4 aromatic carbocycles. The minimum atomic E-state index is -4.37. The molecule has 31 nitrogen and oxygen atoms in total. The molecule has 142 heavy (non-hydrogen) atoms. The molecule has 3 amide bonds. The lowest BCUT2D eigenvalue weighted by Crippen LogP contribution is -2.51. The number of aliphatic hydroxyl groups excluding tert-OH is 2. The van der Waals surface area contributed by atoms with Gasteiger partial charge in [0.1, 0.15) is 34.1 Å². The molecule has 4 heterocycles. The molecule has 0 atom stereocenters. The first-order chi connectivity index (χ1) is 65.1. The molecular formula is C93H137F15IN11O20S2. The second-order valence-electron chi connectivity index (χ2n) is 35.7. The van der Waals surface area contributed by atoms with Gasteiger partial charge in [0.2, 0.25) is 26.0 Å². The largest absolute Gasteiger partial charge is 0.519 e. The lowest BCUT2D eigenvalue weighted by Gasteiger charge is -2.36. The molecule has 0 bridgehead atoms. The number of rotatable bonds is 27. The van der Waals surface area contributed by atoms with Crippen LogP contribution in [0.15, 0.2) is 116 Å². The Balaban J connectivity index is 0.00000171. The number of esters is 1. The Hall–Kier alpha value is -9.67. The summed E-state index contributed by atoms with van der Waals surface area (Å²) in [7, 11) is -7.32. The number of aliphatic carboxylic acids is 1. The van der Waals surface area contributed by atoms with Crippen molar-refractivity contribution in [2.75, 3.05) is 103 Å².